The topological polar surface area (TPSA) is 237 Å². The molecule has 0 aromatic carbocycles. The third-order valence-electron chi connectivity index (χ3n) is 17.6. The zero-order valence-electron chi connectivity index (χ0n) is 68.0. The van der Waals surface area contributed by atoms with E-state index in [-0.39, 0.29) is 25.7 Å². The number of aliphatic hydroxyl groups excluding tert-OH is 1. The van der Waals surface area contributed by atoms with Gasteiger partial charge in [0.25, 0.3) is 0 Å². The molecule has 0 rings (SSSR count). The van der Waals surface area contributed by atoms with E-state index in [1.807, 2.05) is 18.2 Å². The summed E-state index contributed by atoms with van der Waals surface area (Å²) >= 11 is 0. The Morgan fingerprint density at radius 1 is 0.269 bits per heavy atom. The van der Waals surface area contributed by atoms with Gasteiger partial charge in [-0.3, -0.25) is 37.3 Å². The van der Waals surface area contributed by atoms with Crippen molar-refractivity contribution in [3.05, 3.63) is 134 Å². The van der Waals surface area contributed by atoms with E-state index in [2.05, 4.69) is 143 Å². The van der Waals surface area contributed by atoms with E-state index in [1.54, 1.807) is 0 Å². The van der Waals surface area contributed by atoms with Crippen molar-refractivity contribution >= 4 is 39.5 Å². The lowest BCUT2D eigenvalue weighted by molar-refractivity contribution is -0.161. The minimum absolute atomic E-state index is 0.0322. The van der Waals surface area contributed by atoms with Crippen LogP contribution < -0.4 is 0 Å². The van der Waals surface area contributed by atoms with Crippen molar-refractivity contribution in [1.82, 2.24) is 0 Å². The summed E-state index contributed by atoms with van der Waals surface area (Å²) in [6.07, 6.45) is 91.5. The maximum Gasteiger partial charge on any atom is 0.472 e. The fraction of sp³-hybridized carbons (Fsp3) is 0.708. The molecule has 0 amide bonds. The second-order valence-corrected chi connectivity index (χ2v) is 30.9. The van der Waals surface area contributed by atoms with Crippen LogP contribution in [0.3, 0.4) is 0 Å². The molecule has 108 heavy (non-hydrogen) atoms. The molecule has 3 N–H and O–H groups in total. The normalized spacial score (nSPS) is 14.5. The minimum atomic E-state index is -5.01. The van der Waals surface area contributed by atoms with Crippen LogP contribution in [0.2, 0.25) is 0 Å². The van der Waals surface area contributed by atoms with Crippen LogP contribution in [-0.2, 0) is 65.4 Å². The molecule has 0 saturated carbocycles. The maximum absolute atomic E-state index is 13.1. The van der Waals surface area contributed by atoms with Crippen LogP contribution in [0, 0.1) is 0 Å². The van der Waals surface area contributed by atoms with Gasteiger partial charge in [-0.05, 0) is 135 Å². The Balaban J connectivity index is 5.47. The lowest BCUT2D eigenvalue weighted by atomic mass is 10.0. The number of rotatable bonds is 79. The maximum atomic E-state index is 13.1. The van der Waals surface area contributed by atoms with Gasteiger partial charge in [0.2, 0.25) is 0 Å². The van der Waals surface area contributed by atoms with E-state index in [1.165, 1.54) is 122 Å². The largest absolute Gasteiger partial charge is 0.472 e. The summed E-state index contributed by atoms with van der Waals surface area (Å²) in [7, 11) is -10.0. The number of carbonyl (C=O) groups excluding carboxylic acids is 4. The number of esters is 4. The first-order chi connectivity index (χ1) is 52.7. The minimum Gasteiger partial charge on any atom is -0.462 e. The van der Waals surface area contributed by atoms with E-state index >= 15 is 0 Å². The van der Waals surface area contributed by atoms with Gasteiger partial charge in [0.05, 0.1) is 26.4 Å². The van der Waals surface area contributed by atoms with E-state index in [0.717, 1.165) is 141 Å². The van der Waals surface area contributed by atoms with Gasteiger partial charge in [-0.15, -0.1) is 0 Å². The molecular weight excluding hydrogens is 1400 g/mol. The fourth-order valence-electron chi connectivity index (χ4n) is 11.2. The highest BCUT2D eigenvalue weighted by atomic mass is 31.2. The van der Waals surface area contributed by atoms with Crippen molar-refractivity contribution in [3.8, 4) is 0 Å². The van der Waals surface area contributed by atoms with Crippen molar-refractivity contribution in [3.63, 3.8) is 0 Å². The first-order valence-electron chi connectivity index (χ1n) is 42.4. The van der Waals surface area contributed by atoms with Crippen LogP contribution >= 0.6 is 15.6 Å². The predicted octanol–water partition coefficient (Wildman–Crippen LogP) is 25.2. The van der Waals surface area contributed by atoms with Crippen molar-refractivity contribution < 1.29 is 80.2 Å². The van der Waals surface area contributed by atoms with Crippen molar-refractivity contribution in [2.24, 2.45) is 0 Å². The number of allylic oxidation sites excluding steroid dienone is 22. The summed E-state index contributed by atoms with van der Waals surface area (Å²) in [5.74, 6) is -2.31. The Labute approximate surface area is 656 Å². The molecule has 2 unspecified atom stereocenters. The van der Waals surface area contributed by atoms with Gasteiger partial charge in [0.1, 0.15) is 19.3 Å². The van der Waals surface area contributed by atoms with Gasteiger partial charge >= 0.3 is 39.5 Å². The zero-order valence-corrected chi connectivity index (χ0v) is 69.8. The van der Waals surface area contributed by atoms with Crippen molar-refractivity contribution in [2.75, 3.05) is 39.6 Å². The summed E-state index contributed by atoms with van der Waals surface area (Å²) in [4.78, 5) is 73.2. The molecule has 0 fully saturated rings. The van der Waals surface area contributed by atoms with E-state index in [0.29, 0.717) is 32.1 Å². The average Bonchev–Trinajstić information content (AvgIpc) is 0.914. The van der Waals surface area contributed by atoms with Crippen molar-refractivity contribution in [1.29, 1.82) is 0 Å². The lowest BCUT2D eigenvalue weighted by Gasteiger charge is -2.21. The number of unbranched alkanes of at least 4 members (excludes halogenated alkanes) is 31. The highest BCUT2D eigenvalue weighted by molar-refractivity contribution is 7.47. The van der Waals surface area contributed by atoms with E-state index in [4.69, 9.17) is 37.0 Å². The van der Waals surface area contributed by atoms with Crippen LogP contribution in [-0.4, -0.2) is 96.7 Å². The molecule has 0 radical (unpaired) electrons. The molecule has 0 bridgehead atoms. The third kappa shape index (κ3) is 79.3. The first-order valence-corrected chi connectivity index (χ1v) is 45.4. The van der Waals surface area contributed by atoms with Gasteiger partial charge in [0.15, 0.2) is 12.2 Å². The van der Waals surface area contributed by atoms with Crippen LogP contribution in [0.5, 0.6) is 0 Å². The summed E-state index contributed by atoms with van der Waals surface area (Å²) in [5, 5.41) is 10.7. The Hall–Kier alpha value is -4.80. The van der Waals surface area contributed by atoms with Crippen LogP contribution in [0.1, 0.15) is 349 Å². The standard InChI is InChI=1S/C89H152O17P2/c1-5-9-13-17-21-25-29-33-37-39-41-43-47-50-54-58-62-66-70-74-87(92)100-80-84(105-88(93)75-71-67-63-59-55-51-46-36-32-28-24-20-16-12-8-4)81-103-107(95,96)101-77-83(90)78-102-108(97,98)104-82-85(79-99-86(91)73-69-65-61-57-53-49-45-35-31-27-23-19-15-11-7-3)106-89(94)76-72-68-64-60-56-52-48-44-42-40-38-34-30-26-22-18-14-10-6-2/h9,13,21-22,25-26,33-35,37-38,41-45,50,52,54,56,64,68,83-85,90H,5-8,10-12,14-20,23-24,27-32,36,39-40,46-49,51,53,55,57-63,65-67,69-82H2,1-4H3,(H,95,96)(H,97,98)/b13-9-,25-21-,26-22-,37-33-,38-34-,43-41-,44-42-,45-35-,54-50-,56-52-,68-64-/t83-,84-,85-/m1/s1. The van der Waals surface area contributed by atoms with E-state index in [9.17, 15) is 43.2 Å². The van der Waals surface area contributed by atoms with Crippen LogP contribution in [0.15, 0.2) is 134 Å². The average molecular weight is 1560 g/mol. The highest BCUT2D eigenvalue weighted by Crippen LogP contribution is 2.45. The number of phosphoric ester groups is 2. The molecule has 17 nitrogen and oxygen atoms in total. The van der Waals surface area contributed by atoms with E-state index < -0.39 is 97.5 Å². The molecule has 0 saturated heterocycles. The SMILES string of the molecule is CC/C=C\C/C=C\C/C=C\C/C=C\C/C=C\CCCCCC(=O)OC[C@H](COP(=O)(O)OC[C@@H](O)COP(=O)(O)OC[C@@H](COC(=O)CCCCCCC/C=C\CCCCCCCC)OC(=O)CC/C=C\C/C=C\C/C=C\C/C=C\C/C=C\CCCCC)OC(=O)CCCCCCCCCCCCCCCCC. The zero-order chi connectivity index (χ0) is 78.9. The number of ether oxygens (including phenoxy) is 4. The monoisotopic (exact) mass is 1560 g/mol. The van der Waals surface area contributed by atoms with Gasteiger partial charge < -0.3 is 33.8 Å². The molecule has 0 aromatic rings. The molecule has 0 aliphatic rings. The Kier molecular flexibility index (Phi) is 76.7. The molecule has 0 aromatic heterocycles. The quantitative estimate of drug-likeness (QED) is 0.0169. The summed E-state index contributed by atoms with van der Waals surface area (Å²) in [6, 6.07) is 0. The number of phosphoric acid groups is 2. The van der Waals surface area contributed by atoms with Crippen LogP contribution in [0.4, 0.5) is 0 Å². The lowest BCUT2D eigenvalue weighted by Crippen LogP contribution is -2.30. The summed E-state index contributed by atoms with van der Waals surface area (Å²) in [6.45, 7) is 4.64. The molecule has 5 atom stereocenters. The Morgan fingerprint density at radius 2 is 0.500 bits per heavy atom. The van der Waals surface area contributed by atoms with Gasteiger partial charge in [-0.25, -0.2) is 9.13 Å². The first kappa shape index (κ1) is 103. The van der Waals surface area contributed by atoms with Gasteiger partial charge in [-0.1, -0.05) is 322 Å². The molecule has 0 heterocycles. The van der Waals surface area contributed by atoms with Gasteiger partial charge in [-0.2, -0.15) is 0 Å². The number of hydrogen-bond acceptors (Lipinski definition) is 15. The second-order valence-electron chi connectivity index (χ2n) is 28.0. The fourth-order valence-corrected chi connectivity index (χ4v) is 12.7. The number of carbonyl (C=O) groups is 4. The van der Waals surface area contributed by atoms with Gasteiger partial charge in [0, 0.05) is 25.7 Å². The number of aliphatic hydroxyl groups is 1. The molecule has 0 spiro atoms. The summed E-state index contributed by atoms with van der Waals surface area (Å²) in [5.41, 5.74) is 0. The molecule has 620 valence electrons. The Morgan fingerprint density at radius 3 is 0.833 bits per heavy atom. The molecule has 19 heteroatoms. The summed E-state index contributed by atoms with van der Waals surface area (Å²) < 4.78 is 68.7. The van der Waals surface area contributed by atoms with Crippen molar-refractivity contribution in [2.45, 2.75) is 367 Å². The van der Waals surface area contributed by atoms with Crippen LogP contribution in [0.25, 0.3) is 0 Å². The number of hydrogen-bond donors (Lipinski definition) is 3. The molecule has 0 aliphatic heterocycles. The third-order valence-corrected chi connectivity index (χ3v) is 19.5. The highest BCUT2D eigenvalue weighted by Gasteiger charge is 2.30. The molecular formula is C89H152O17P2. The predicted molar refractivity (Wildman–Crippen MR) is 445 cm³/mol. The smallest absolute Gasteiger partial charge is 0.462 e. The Bertz CT molecular complexity index is 2560. The molecule has 0 aliphatic carbocycles. The second kappa shape index (κ2) is 80.3.